The second-order valence-electron chi connectivity index (χ2n) is 5.57. The minimum Gasteiger partial charge on any atom is -0.258 e. The number of aliphatic imine (C=N–C) groups is 1. The number of hydrogen-bond donors (Lipinski definition) is 1. The topological polar surface area (TPSA) is 36.8 Å². The van der Waals surface area contributed by atoms with Gasteiger partial charge in [-0.1, -0.05) is 66.4 Å². The maximum absolute atomic E-state index is 4.59. The molecule has 0 saturated heterocycles. The van der Waals surface area contributed by atoms with Gasteiger partial charge < -0.3 is 0 Å². The van der Waals surface area contributed by atoms with Crippen molar-refractivity contribution in [2.75, 3.05) is 5.75 Å². The largest absolute Gasteiger partial charge is 0.258 e. The van der Waals surface area contributed by atoms with Crippen molar-refractivity contribution in [3.8, 4) is 11.1 Å². The summed E-state index contributed by atoms with van der Waals surface area (Å²) < 4.78 is 0. The van der Waals surface area contributed by atoms with Gasteiger partial charge in [0, 0.05) is 5.75 Å². The summed E-state index contributed by atoms with van der Waals surface area (Å²) in [5.74, 6) is 0.878. The van der Waals surface area contributed by atoms with Crippen molar-refractivity contribution in [3.63, 3.8) is 0 Å². The van der Waals surface area contributed by atoms with Crippen LogP contribution in [0.2, 0.25) is 0 Å². The minimum atomic E-state index is 0.539. The first-order valence-corrected chi connectivity index (χ1v) is 8.56. The lowest BCUT2D eigenvalue weighted by Gasteiger charge is -2.15. The SMILES string of the molecule is c1ccc(-c2ccc(C3=NNC(=NC4CC4)SC3)cc2)cc1. The van der Waals surface area contributed by atoms with Crippen molar-refractivity contribution in [2.24, 2.45) is 10.1 Å². The summed E-state index contributed by atoms with van der Waals surface area (Å²) in [5, 5.41) is 5.44. The normalized spacial score (nSPS) is 19.6. The molecule has 22 heavy (non-hydrogen) atoms. The maximum Gasteiger partial charge on any atom is 0.177 e. The van der Waals surface area contributed by atoms with Crippen molar-refractivity contribution in [2.45, 2.75) is 18.9 Å². The second-order valence-corrected chi connectivity index (χ2v) is 6.53. The Morgan fingerprint density at radius 1 is 0.909 bits per heavy atom. The van der Waals surface area contributed by atoms with E-state index in [-0.39, 0.29) is 0 Å². The first-order chi connectivity index (χ1) is 10.9. The fraction of sp³-hybridized carbons (Fsp3) is 0.222. The van der Waals surface area contributed by atoms with Crippen LogP contribution in [-0.4, -0.2) is 22.7 Å². The van der Waals surface area contributed by atoms with E-state index in [1.165, 1.54) is 29.5 Å². The third-order valence-corrected chi connectivity index (χ3v) is 4.69. The smallest absolute Gasteiger partial charge is 0.177 e. The standard InChI is InChI=1S/C18H17N3S/c1-2-4-13(5-3-1)14-6-8-15(9-7-14)17-12-22-18(21-20-17)19-16-10-11-16/h1-9,16H,10-12H2,(H,19,21). The van der Waals surface area contributed by atoms with Crippen molar-refractivity contribution in [1.29, 1.82) is 0 Å². The number of hydrogen-bond acceptors (Lipinski definition) is 3. The number of nitrogens with one attached hydrogen (secondary N) is 1. The van der Waals surface area contributed by atoms with Crippen LogP contribution in [0.15, 0.2) is 64.7 Å². The summed E-state index contributed by atoms with van der Waals surface area (Å²) in [6.45, 7) is 0. The average molecular weight is 307 g/mol. The number of benzene rings is 2. The first-order valence-electron chi connectivity index (χ1n) is 7.57. The number of amidine groups is 1. The van der Waals surface area contributed by atoms with Crippen molar-refractivity contribution >= 4 is 22.6 Å². The predicted octanol–water partition coefficient (Wildman–Crippen LogP) is 3.91. The highest BCUT2D eigenvalue weighted by Crippen LogP contribution is 2.26. The molecule has 2 aliphatic rings. The Morgan fingerprint density at radius 3 is 2.23 bits per heavy atom. The molecule has 0 radical (unpaired) electrons. The zero-order chi connectivity index (χ0) is 14.8. The molecule has 0 amide bonds. The molecule has 4 heteroatoms. The molecule has 4 rings (SSSR count). The molecule has 0 unspecified atom stereocenters. The van der Waals surface area contributed by atoms with Crippen molar-refractivity contribution in [3.05, 3.63) is 60.2 Å². The molecule has 1 N–H and O–H groups in total. The number of hydrazone groups is 1. The minimum absolute atomic E-state index is 0.539. The molecular weight excluding hydrogens is 290 g/mol. The van der Waals surface area contributed by atoms with Gasteiger partial charge in [0.15, 0.2) is 5.17 Å². The van der Waals surface area contributed by atoms with Crippen LogP contribution < -0.4 is 5.43 Å². The highest BCUT2D eigenvalue weighted by Gasteiger charge is 2.22. The van der Waals surface area contributed by atoms with Gasteiger partial charge in [-0.25, -0.2) is 0 Å². The molecule has 0 aromatic heterocycles. The van der Waals surface area contributed by atoms with Gasteiger partial charge in [-0.05, 0) is 29.5 Å². The van der Waals surface area contributed by atoms with Crippen molar-refractivity contribution in [1.82, 2.24) is 5.43 Å². The lowest BCUT2D eigenvalue weighted by Crippen LogP contribution is -2.25. The summed E-state index contributed by atoms with van der Waals surface area (Å²) in [5.41, 5.74) is 7.82. The zero-order valence-corrected chi connectivity index (χ0v) is 13.0. The van der Waals surface area contributed by atoms with Gasteiger partial charge in [-0.3, -0.25) is 10.4 Å². The van der Waals surface area contributed by atoms with E-state index >= 15 is 0 Å². The third-order valence-electron chi connectivity index (χ3n) is 3.80. The molecule has 1 fully saturated rings. The highest BCUT2D eigenvalue weighted by atomic mass is 32.2. The quantitative estimate of drug-likeness (QED) is 0.933. The molecule has 2 aromatic rings. The van der Waals surface area contributed by atoms with Crippen LogP contribution >= 0.6 is 11.8 Å². The Labute approximate surface area is 134 Å². The number of thioether (sulfide) groups is 1. The summed E-state index contributed by atoms with van der Waals surface area (Å²) in [6.07, 6.45) is 2.45. The molecule has 1 saturated carbocycles. The Kier molecular flexibility index (Phi) is 3.69. The van der Waals surface area contributed by atoms with Crippen LogP contribution in [0.25, 0.3) is 11.1 Å². The van der Waals surface area contributed by atoms with E-state index in [1.807, 2.05) is 6.07 Å². The monoisotopic (exact) mass is 307 g/mol. The summed E-state index contributed by atoms with van der Waals surface area (Å²) in [7, 11) is 0. The molecule has 0 bridgehead atoms. The van der Waals surface area contributed by atoms with Gasteiger partial charge >= 0.3 is 0 Å². The van der Waals surface area contributed by atoms with Gasteiger partial charge in [0.25, 0.3) is 0 Å². The molecule has 1 aliphatic heterocycles. The predicted molar refractivity (Wildman–Crippen MR) is 94.5 cm³/mol. The Morgan fingerprint density at radius 2 is 1.59 bits per heavy atom. The van der Waals surface area contributed by atoms with Gasteiger partial charge in [-0.2, -0.15) is 5.10 Å². The molecular formula is C18H17N3S. The lowest BCUT2D eigenvalue weighted by molar-refractivity contribution is 0.985. The van der Waals surface area contributed by atoms with Crippen LogP contribution in [0.3, 0.4) is 0 Å². The fourth-order valence-electron chi connectivity index (χ4n) is 2.39. The summed E-state index contributed by atoms with van der Waals surface area (Å²) in [6, 6.07) is 19.6. The van der Waals surface area contributed by atoms with Crippen LogP contribution in [0.5, 0.6) is 0 Å². The van der Waals surface area contributed by atoms with Crippen LogP contribution in [0.4, 0.5) is 0 Å². The molecule has 0 spiro atoms. The van der Waals surface area contributed by atoms with Gasteiger partial charge in [0.05, 0.1) is 11.8 Å². The molecule has 1 heterocycles. The summed E-state index contributed by atoms with van der Waals surface area (Å²) in [4.78, 5) is 4.59. The van der Waals surface area contributed by atoms with Crippen LogP contribution in [-0.2, 0) is 0 Å². The Bertz CT molecular complexity index is 716. The van der Waals surface area contributed by atoms with Crippen LogP contribution in [0.1, 0.15) is 18.4 Å². The molecule has 0 atom stereocenters. The van der Waals surface area contributed by atoms with E-state index < -0.39 is 0 Å². The van der Waals surface area contributed by atoms with E-state index in [0.717, 1.165) is 16.6 Å². The van der Waals surface area contributed by atoms with Gasteiger partial charge in [0.1, 0.15) is 0 Å². The lowest BCUT2D eigenvalue weighted by atomic mass is 10.0. The number of rotatable bonds is 3. The Hall–Kier alpha value is -2.07. The number of nitrogens with zero attached hydrogens (tertiary/aromatic N) is 2. The Balaban J connectivity index is 1.50. The van der Waals surface area contributed by atoms with Crippen LogP contribution in [0, 0.1) is 0 Å². The highest BCUT2D eigenvalue weighted by molar-refractivity contribution is 8.14. The van der Waals surface area contributed by atoms with Gasteiger partial charge in [-0.15, -0.1) is 0 Å². The van der Waals surface area contributed by atoms with E-state index in [2.05, 4.69) is 64.1 Å². The van der Waals surface area contributed by atoms with E-state index in [9.17, 15) is 0 Å². The molecule has 1 aliphatic carbocycles. The summed E-state index contributed by atoms with van der Waals surface area (Å²) >= 11 is 1.74. The molecule has 2 aromatic carbocycles. The van der Waals surface area contributed by atoms with Crippen molar-refractivity contribution < 1.29 is 0 Å². The maximum atomic E-state index is 4.59. The molecule has 110 valence electrons. The van der Waals surface area contributed by atoms with E-state index in [4.69, 9.17) is 0 Å². The average Bonchev–Trinajstić information content (AvgIpc) is 3.41. The second kappa shape index (κ2) is 5.97. The first kappa shape index (κ1) is 13.6. The molecule has 3 nitrogen and oxygen atoms in total. The van der Waals surface area contributed by atoms with E-state index in [0.29, 0.717) is 6.04 Å². The van der Waals surface area contributed by atoms with Gasteiger partial charge in [0.2, 0.25) is 0 Å². The fourth-order valence-corrected chi connectivity index (χ4v) is 3.22. The zero-order valence-electron chi connectivity index (χ0n) is 12.2. The third kappa shape index (κ3) is 3.07. The van der Waals surface area contributed by atoms with E-state index in [1.54, 1.807) is 11.8 Å².